The summed E-state index contributed by atoms with van der Waals surface area (Å²) in [5.74, 6) is 2.07. The predicted octanol–water partition coefficient (Wildman–Crippen LogP) is 2.09. The molecule has 2 aliphatic rings. The fourth-order valence-electron chi connectivity index (χ4n) is 3.19. The van der Waals surface area contributed by atoms with Gasteiger partial charge < -0.3 is 15.7 Å². The summed E-state index contributed by atoms with van der Waals surface area (Å²) < 4.78 is 0. The molecule has 114 valence electrons. The summed E-state index contributed by atoms with van der Waals surface area (Å²) in [7, 11) is 0. The first-order valence-corrected chi connectivity index (χ1v) is 8.65. The molecule has 5 heteroatoms. The zero-order valence-electron chi connectivity index (χ0n) is 12.3. The summed E-state index contributed by atoms with van der Waals surface area (Å²) >= 11 is 1.73. The van der Waals surface area contributed by atoms with Crippen LogP contribution in [0.2, 0.25) is 0 Å². The average Bonchev–Trinajstić information content (AvgIpc) is 3.03. The third kappa shape index (κ3) is 3.19. The molecule has 0 aromatic heterocycles. The molecule has 3 unspecified atom stereocenters. The van der Waals surface area contributed by atoms with E-state index >= 15 is 0 Å². The third-order valence-corrected chi connectivity index (χ3v) is 5.68. The van der Waals surface area contributed by atoms with Gasteiger partial charge in [-0.25, -0.2) is 4.79 Å². The van der Waals surface area contributed by atoms with E-state index in [1.54, 1.807) is 11.8 Å². The van der Waals surface area contributed by atoms with E-state index in [2.05, 4.69) is 29.7 Å². The molecule has 1 aliphatic carbocycles. The van der Waals surface area contributed by atoms with E-state index in [9.17, 15) is 9.90 Å². The van der Waals surface area contributed by atoms with Gasteiger partial charge >= 0.3 is 6.03 Å². The van der Waals surface area contributed by atoms with Crippen LogP contribution in [0.1, 0.15) is 30.5 Å². The Balaban J connectivity index is 1.58. The number of carbonyl (C=O) groups excluding carboxylic acids is 1. The molecule has 2 amide bonds. The molecule has 3 rings (SSSR count). The summed E-state index contributed by atoms with van der Waals surface area (Å²) in [5, 5.41) is 16.1. The molecule has 1 aliphatic heterocycles. The van der Waals surface area contributed by atoms with Crippen LogP contribution in [-0.2, 0) is 6.42 Å². The second-order valence-electron chi connectivity index (χ2n) is 6.21. The Morgan fingerprint density at radius 3 is 3.05 bits per heavy atom. The number of thioether (sulfide) groups is 1. The summed E-state index contributed by atoms with van der Waals surface area (Å²) in [6.45, 7) is 2.49. The second-order valence-corrected chi connectivity index (χ2v) is 7.32. The summed E-state index contributed by atoms with van der Waals surface area (Å²) in [5.41, 5.74) is 1.80. The van der Waals surface area contributed by atoms with Crippen molar-refractivity contribution in [3.8, 4) is 0 Å². The van der Waals surface area contributed by atoms with Crippen molar-refractivity contribution in [3.05, 3.63) is 35.4 Å². The highest BCUT2D eigenvalue weighted by Gasteiger charge is 2.33. The normalized spacial score (nSPS) is 31.0. The molecule has 21 heavy (non-hydrogen) atoms. The lowest BCUT2D eigenvalue weighted by atomic mass is 10.0. The minimum atomic E-state index is -0.735. The van der Waals surface area contributed by atoms with Crippen molar-refractivity contribution in [3.63, 3.8) is 0 Å². The Kier molecular flexibility index (Phi) is 4.13. The Labute approximate surface area is 129 Å². The largest absolute Gasteiger partial charge is 0.387 e. The number of amides is 2. The van der Waals surface area contributed by atoms with Crippen LogP contribution in [0, 0.1) is 5.92 Å². The number of hydrogen-bond donors (Lipinski definition) is 3. The maximum absolute atomic E-state index is 12.1. The topological polar surface area (TPSA) is 61.4 Å². The van der Waals surface area contributed by atoms with Crippen molar-refractivity contribution in [1.29, 1.82) is 0 Å². The zero-order valence-corrected chi connectivity index (χ0v) is 13.1. The highest BCUT2D eigenvalue weighted by Crippen LogP contribution is 2.35. The minimum absolute atomic E-state index is 0.0637. The van der Waals surface area contributed by atoms with E-state index in [1.165, 1.54) is 11.1 Å². The smallest absolute Gasteiger partial charge is 0.315 e. The Morgan fingerprint density at radius 1 is 1.48 bits per heavy atom. The zero-order chi connectivity index (χ0) is 14.9. The lowest BCUT2D eigenvalue weighted by molar-refractivity contribution is 0.0698. The first kappa shape index (κ1) is 14.7. The number of benzene rings is 1. The second kappa shape index (κ2) is 5.89. The SMILES string of the molecule is CC1Cc2ccccc2C1NC(=O)NCC1(O)CCSC1. The van der Waals surface area contributed by atoms with Gasteiger partial charge in [0.25, 0.3) is 0 Å². The fourth-order valence-corrected chi connectivity index (χ4v) is 4.48. The maximum atomic E-state index is 12.1. The first-order chi connectivity index (χ1) is 10.1. The molecule has 1 saturated heterocycles. The Bertz CT molecular complexity index is 529. The molecular weight excluding hydrogens is 284 g/mol. The van der Waals surface area contributed by atoms with Crippen molar-refractivity contribution in [2.24, 2.45) is 5.92 Å². The molecule has 4 nitrogen and oxygen atoms in total. The number of aliphatic hydroxyl groups is 1. The van der Waals surface area contributed by atoms with Crippen molar-refractivity contribution in [2.75, 3.05) is 18.1 Å². The van der Waals surface area contributed by atoms with Crippen molar-refractivity contribution < 1.29 is 9.90 Å². The van der Waals surface area contributed by atoms with E-state index in [-0.39, 0.29) is 12.1 Å². The quantitative estimate of drug-likeness (QED) is 0.801. The molecule has 1 heterocycles. The van der Waals surface area contributed by atoms with E-state index in [0.29, 0.717) is 18.2 Å². The lowest BCUT2D eigenvalue weighted by Crippen LogP contribution is -2.47. The standard InChI is InChI=1S/C16H22N2O2S/c1-11-8-12-4-2-3-5-13(12)14(11)18-15(19)17-9-16(20)6-7-21-10-16/h2-5,11,14,20H,6-10H2,1H3,(H2,17,18,19). The summed E-state index contributed by atoms with van der Waals surface area (Å²) in [6, 6.07) is 8.15. The highest BCUT2D eigenvalue weighted by molar-refractivity contribution is 7.99. The lowest BCUT2D eigenvalue weighted by Gasteiger charge is -2.24. The van der Waals surface area contributed by atoms with E-state index in [0.717, 1.165) is 18.6 Å². The third-order valence-electron chi connectivity index (χ3n) is 4.45. The van der Waals surface area contributed by atoms with Crippen molar-refractivity contribution in [1.82, 2.24) is 10.6 Å². The van der Waals surface area contributed by atoms with Gasteiger partial charge in [0.1, 0.15) is 0 Å². The molecule has 1 fully saturated rings. The number of hydrogen-bond acceptors (Lipinski definition) is 3. The van der Waals surface area contributed by atoms with Crippen LogP contribution in [0.3, 0.4) is 0 Å². The van der Waals surface area contributed by atoms with Crippen LogP contribution in [-0.4, -0.2) is 34.8 Å². The molecular formula is C16H22N2O2S. The number of nitrogens with one attached hydrogen (secondary N) is 2. The molecule has 0 radical (unpaired) electrons. The molecule has 3 atom stereocenters. The Hall–Kier alpha value is -1.20. The van der Waals surface area contributed by atoms with Crippen LogP contribution < -0.4 is 10.6 Å². The van der Waals surface area contributed by atoms with Gasteiger partial charge in [-0.2, -0.15) is 11.8 Å². The predicted molar refractivity (Wildman–Crippen MR) is 85.5 cm³/mol. The van der Waals surface area contributed by atoms with Gasteiger partial charge in [-0.15, -0.1) is 0 Å². The first-order valence-electron chi connectivity index (χ1n) is 7.50. The van der Waals surface area contributed by atoms with Gasteiger partial charge in [0.05, 0.1) is 11.6 Å². The van der Waals surface area contributed by atoms with Crippen LogP contribution >= 0.6 is 11.8 Å². The van der Waals surface area contributed by atoms with E-state index < -0.39 is 5.60 Å². The van der Waals surface area contributed by atoms with E-state index in [1.807, 2.05) is 12.1 Å². The molecule has 0 bridgehead atoms. The van der Waals surface area contributed by atoms with Crippen LogP contribution in [0.5, 0.6) is 0 Å². The van der Waals surface area contributed by atoms with Gasteiger partial charge in [-0.3, -0.25) is 0 Å². The van der Waals surface area contributed by atoms with Gasteiger partial charge in [-0.05, 0) is 35.6 Å². The molecule has 1 aromatic rings. The van der Waals surface area contributed by atoms with Crippen LogP contribution in [0.4, 0.5) is 4.79 Å². The summed E-state index contributed by atoms with van der Waals surface area (Å²) in [6.07, 6.45) is 1.75. The van der Waals surface area contributed by atoms with Gasteiger partial charge in [-0.1, -0.05) is 31.2 Å². The highest BCUT2D eigenvalue weighted by atomic mass is 32.2. The van der Waals surface area contributed by atoms with E-state index in [4.69, 9.17) is 0 Å². The van der Waals surface area contributed by atoms with Crippen LogP contribution in [0.25, 0.3) is 0 Å². The number of rotatable bonds is 3. The van der Waals surface area contributed by atoms with Crippen molar-refractivity contribution in [2.45, 2.75) is 31.4 Å². The molecule has 0 spiro atoms. The molecule has 1 aromatic carbocycles. The fraction of sp³-hybridized carbons (Fsp3) is 0.562. The van der Waals surface area contributed by atoms with Gasteiger partial charge in [0, 0.05) is 12.3 Å². The summed E-state index contributed by atoms with van der Waals surface area (Å²) in [4.78, 5) is 12.1. The van der Waals surface area contributed by atoms with Crippen LogP contribution in [0.15, 0.2) is 24.3 Å². The maximum Gasteiger partial charge on any atom is 0.315 e. The number of urea groups is 1. The van der Waals surface area contributed by atoms with Gasteiger partial charge in [0.15, 0.2) is 0 Å². The molecule has 3 N–H and O–H groups in total. The number of carbonyl (C=O) groups is 1. The number of fused-ring (bicyclic) bond motifs is 1. The average molecular weight is 306 g/mol. The Morgan fingerprint density at radius 2 is 2.29 bits per heavy atom. The monoisotopic (exact) mass is 306 g/mol. The molecule has 0 saturated carbocycles. The van der Waals surface area contributed by atoms with Crippen molar-refractivity contribution >= 4 is 17.8 Å². The minimum Gasteiger partial charge on any atom is -0.387 e. The van der Waals surface area contributed by atoms with Gasteiger partial charge in [0.2, 0.25) is 0 Å².